The largest absolute Gasteiger partial charge is 0.342 e. The third-order valence-electron chi connectivity index (χ3n) is 8.63. The van der Waals surface area contributed by atoms with Gasteiger partial charge in [-0.15, -0.1) is 0 Å². The van der Waals surface area contributed by atoms with Crippen LogP contribution in [0, 0.1) is 23.7 Å². The summed E-state index contributed by atoms with van der Waals surface area (Å²) in [5.41, 5.74) is -0.900. The summed E-state index contributed by atoms with van der Waals surface area (Å²) in [5.74, 6) is 1.40. The van der Waals surface area contributed by atoms with Crippen molar-refractivity contribution in [2.24, 2.45) is 23.7 Å². The summed E-state index contributed by atoms with van der Waals surface area (Å²) in [7, 11) is 0. The normalized spacial score (nSPS) is 34.0. The summed E-state index contributed by atoms with van der Waals surface area (Å²) in [4.78, 5) is 57.0. The Bertz CT molecular complexity index is 807. The topological polar surface area (TPSA) is 90.0 Å². The van der Waals surface area contributed by atoms with Gasteiger partial charge in [0.15, 0.2) is 0 Å². The highest BCUT2D eigenvalue weighted by molar-refractivity contribution is 6.07. The number of imide groups is 1. The molecule has 0 radical (unpaired) electrons. The number of carbonyl (C=O) groups excluding carboxylic acids is 4. The number of amides is 5. The van der Waals surface area contributed by atoms with Gasteiger partial charge in [0.25, 0.3) is 5.91 Å². The van der Waals surface area contributed by atoms with Gasteiger partial charge in [0.1, 0.15) is 5.54 Å². The number of nitrogens with one attached hydrogen (secondary N) is 1. The van der Waals surface area contributed by atoms with Crippen LogP contribution in [0.25, 0.3) is 0 Å². The molecule has 5 aliphatic rings. The molecule has 5 amide bonds. The molecule has 3 saturated heterocycles. The fourth-order valence-corrected chi connectivity index (χ4v) is 6.72. The standard InChI is InChI=1S/C24H36N4O4/c1-15(2)20(29)26-12-9-24(10-13-26)22(31)28(23(32)25-24)16-6-5-11-27(14-16)21(30)19-17-7-3-4-8-18(17)19/h15-19H,3-14H2,1-2H3,(H,25,32)/t16-,17-,18+,19?/m1/s1. The Hall–Kier alpha value is -2.12. The average Bonchev–Trinajstić information content (AvgIpc) is 3.47. The van der Waals surface area contributed by atoms with E-state index in [1.54, 1.807) is 4.90 Å². The molecule has 0 aromatic heterocycles. The van der Waals surface area contributed by atoms with Crippen LogP contribution in [0.5, 0.6) is 0 Å². The number of urea groups is 1. The molecule has 8 nitrogen and oxygen atoms in total. The van der Waals surface area contributed by atoms with Crippen LogP contribution >= 0.6 is 0 Å². The lowest BCUT2D eigenvalue weighted by Crippen LogP contribution is -2.57. The van der Waals surface area contributed by atoms with Crippen molar-refractivity contribution in [2.45, 2.75) is 76.8 Å². The minimum atomic E-state index is -0.900. The van der Waals surface area contributed by atoms with Gasteiger partial charge in [0.05, 0.1) is 6.04 Å². The van der Waals surface area contributed by atoms with Gasteiger partial charge in [0.2, 0.25) is 11.8 Å². The van der Waals surface area contributed by atoms with Crippen LogP contribution in [0.2, 0.25) is 0 Å². The van der Waals surface area contributed by atoms with E-state index in [9.17, 15) is 19.2 Å². The van der Waals surface area contributed by atoms with Crippen LogP contribution < -0.4 is 5.32 Å². The third-order valence-corrected chi connectivity index (χ3v) is 8.63. The maximum atomic E-state index is 13.5. The second-order valence-corrected chi connectivity index (χ2v) is 10.9. The van der Waals surface area contributed by atoms with Crippen molar-refractivity contribution in [1.29, 1.82) is 0 Å². The van der Waals surface area contributed by atoms with Crippen LogP contribution in [-0.2, 0) is 14.4 Å². The number of fused-ring (bicyclic) bond motifs is 1. The molecule has 3 aliphatic heterocycles. The smallest absolute Gasteiger partial charge is 0.325 e. The molecule has 3 heterocycles. The predicted octanol–water partition coefficient (Wildman–Crippen LogP) is 1.98. The zero-order chi connectivity index (χ0) is 22.6. The zero-order valence-electron chi connectivity index (χ0n) is 19.3. The minimum absolute atomic E-state index is 0.0736. The van der Waals surface area contributed by atoms with Crippen LogP contribution in [0.1, 0.15) is 65.2 Å². The first-order valence-corrected chi connectivity index (χ1v) is 12.6. The highest BCUT2D eigenvalue weighted by Gasteiger charge is 2.58. The molecule has 2 saturated carbocycles. The minimum Gasteiger partial charge on any atom is -0.342 e. The molecule has 176 valence electrons. The Balaban J connectivity index is 1.23. The van der Waals surface area contributed by atoms with E-state index >= 15 is 0 Å². The maximum absolute atomic E-state index is 13.5. The molecule has 1 spiro atoms. The van der Waals surface area contributed by atoms with Crippen LogP contribution in [-0.4, -0.2) is 76.2 Å². The summed E-state index contributed by atoms with van der Waals surface area (Å²) in [6.45, 7) is 5.91. The zero-order valence-corrected chi connectivity index (χ0v) is 19.3. The molecular weight excluding hydrogens is 408 g/mol. The van der Waals surface area contributed by atoms with Crippen LogP contribution in [0.4, 0.5) is 4.79 Å². The van der Waals surface area contributed by atoms with Crippen molar-refractivity contribution >= 4 is 23.8 Å². The molecule has 0 aromatic rings. The van der Waals surface area contributed by atoms with E-state index in [0.29, 0.717) is 44.3 Å². The molecule has 0 aromatic carbocycles. The predicted molar refractivity (Wildman–Crippen MR) is 117 cm³/mol. The van der Waals surface area contributed by atoms with Gasteiger partial charge in [-0.2, -0.15) is 0 Å². The Kier molecular flexibility index (Phi) is 5.45. The molecule has 32 heavy (non-hydrogen) atoms. The van der Waals surface area contributed by atoms with Crippen LogP contribution in [0.3, 0.4) is 0 Å². The number of piperidine rings is 2. The number of hydrogen-bond donors (Lipinski definition) is 1. The molecule has 2 aliphatic carbocycles. The van der Waals surface area contributed by atoms with Crippen molar-refractivity contribution < 1.29 is 19.2 Å². The Morgan fingerprint density at radius 1 is 0.938 bits per heavy atom. The van der Waals surface area contributed by atoms with Gasteiger partial charge in [-0.3, -0.25) is 19.3 Å². The van der Waals surface area contributed by atoms with Crippen molar-refractivity contribution in [3.05, 3.63) is 0 Å². The lowest BCUT2D eigenvalue weighted by molar-refractivity contribution is -0.142. The lowest BCUT2D eigenvalue weighted by atomic mass is 9.86. The van der Waals surface area contributed by atoms with E-state index < -0.39 is 5.54 Å². The van der Waals surface area contributed by atoms with E-state index in [-0.39, 0.29) is 41.6 Å². The van der Waals surface area contributed by atoms with E-state index in [4.69, 9.17) is 0 Å². The van der Waals surface area contributed by atoms with Gasteiger partial charge in [-0.05, 0) is 50.4 Å². The summed E-state index contributed by atoms with van der Waals surface area (Å²) >= 11 is 0. The fraction of sp³-hybridized carbons (Fsp3) is 0.833. The first-order chi connectivity index (χ1) is 15.3. The molecular formula is C24H36N4O4. The Labute approximate surface area is 190 Å². The maximum Gasteiger partial charge on any atom is 0.325 e. The summed E-state index contributed by atoms with van der Waals surface area (Å²) in [6.07, 6.45) is 7.28. The highest BCUT2D eigenvalue weighted by Crippen LogP contribution is 2.56. The molecule has 4 atom stereocenters. The molecule has 5 fully saturated rings. The molecule has 1 N–H and O–H groups in total. The first kappa shape index (κ1) is 21.7. The van der Waals surface area contributed by atoms with E-state index in [1.165, 1.54) is 30.6 Å². The van der Waals surface area contributed by atoms with Crippen LogP contribution in [0.15, 0.2) is 0 Å². The molecule has 8 heteroatoms. The van der Waals surface area contributed by atoms with E-state index in [0.717, 1.165) is 19.4 Å². The molecule has 5 rings (SSSR count). The van der Waals surface area contributed by atoms with Gasteiger partial charge >= 0.3 is 6.03 Å². The van der Waals surface area contributed by atoms with E-state index in [1.807, 2.05) is 18.7 Å². The second kappa shape index (κ2) is 8.03. The Morgan fingerprint density at radius 2 is 1.59 bits per heavy atom. The average molecular weight is 445 g/mol. The second-order valence-electron chi connectivity index (χ2n) is 10.9. The number of likely N-dealkylation sites (tertiary alicyclic amines) is 2. The van der Waals surface area contributed by atoms with Gasteiger partial charge in [-0.1, -0.05) is 26.7 Å². The number of rotatable bonds is 3. The van der Waals surface area contributed by atoms with Gasteiger partial charge < -0.3 is 15.1 Å². The van der Waals surface area contributed by atoms with Crippen molar-refractivity contribution in [3.8, 4) is 0 Å². The van der Waals surface area contributed by atoms with Crippen molar-refractivity contribution in [1.82, 2.24) is 20.0 Å². The molecule has 0 bridgehead atoms. The SMILES string of the molecule is CC(C)C(=O)N1CCC2(CC1)NC(=O)N([C@@H]1CCCN(C(=O)C3[C@H]4CCCC[C@@H]34)C1)C2=O. The Morgan fingerprint density at radius 3 is 2.22 bits per heavy atom. The summed E-state index contributed by atoms with van der Waals surface area (Å²) in [6, 6.07) is -0.589. The fourth-order valence-electron chi connectivity index (χ4n) is 6.72. The lowest BCUT2D eigenvalue weighted by Gasteiger charge is -2.39. The van der Waals surface area contributed by atoms with Crippen molar-refractivity contribution in [2.75, 3.05) is 26.2 Å². The number of carbonyl (C=O) groups is 4. The number of hydrogen-bond acceptors (Lipinski definition) is 4. The first-order valence-electron chi connectivity index (χ1n) is 12.6. The van der Waals surface area contributed by atoms with Crippen molar-refractivity contribution in [3.63, 3.8) is 0 Å². The van der Waals surface area contributed by atoms with E-state index in [2.05, 4.69) is 5.32 Å². The molecule has 1 unspecified atom stereocenters. The van der Waals surface area contributed by atoms with Gasteiger partial charge in [0, 0.05) is 38.0 Å². The summed E-state index contributed by atoms with van der Waals surface area (Å²) in [5, 5.41) is 2.97. The monoisotopic (exact) mass is 444 g/mol. The highest BCUT2D eigenvalue weighted by atomic mass is 16.2. The van der Waals surface area contributed by atoms with Gasteiger partial charge in [-0.25, -0.2) is 4.79 Å². The third kappa shape index (κ3) is 3.50. The summed E-state index contributed by atoms with van der Waals surface area (Å²) < 4.78 is 0. The quantitative estimate of drug-likeness (QED) is 0.674. The number of nitrogens with zero attached hydrogens (tertiary/aromatic N) is 3.